The fourth-order valence-corrected chi connectivity index (χ4v) is 3.59. The molecule has 6 nitrogen and oxygen atoms in total. The zero-order valence-electron chi connectivity index (χ0n) is 16.4. The van der Waals surface area contributed by atoms with Crippen molar-refractivity contribution in [1.82, 2.24) is 9.80 Å². The molecule has 0 radical (unpaired) electrons. The van der Waals surface area contributed by atoms with E-state index in [1.165, 1.54) is 5.69 Å². The van der Waals surface area contributed by atoms with Gasteiger partial charge in [0.05, 0.1) is 5.54 Å². The number of halogens is 3. The molecule has 1 amide bonds. The molecule has 2 aliphatic rings. The van der Waals surface area contributed by atoms with Crippen molar-refractivity contribution in [3.8, 4) is 0 Å². The Morgan fingerprint density at radius 1 is 1.07 bits per heavy atom. The van der Waals surface area contributed by atoms with Gasteiger partial charge >= 0.3 is 0 Å². The summed E-state index contributed by atoms with van der Waals surface area (Å²) in [7, 11) is 1.87. The zero-order chi connectivity index (χ0) is 17.7. The van der Waals surface area contributed by atoms with Crippen molar-refractivity contribution in [3.05, 3.63) is 30.3 Å². The lowest BCUT2D eigenvalue weighted by Gasteiger charge is -2.38. The second-order valence-electron chi connectivity index (χ2n) is 7.16. The van der Waals surface area contributed by atoms with Crippen LogP contribution in [-0.2, 0) is 9.53 Å². The Hall–Kier alpha value is -0.760. The number of piperazine rings is 1. The van der Waals surface area contributed by atoms with Crippen molar-refractivity contribution in [2.24, 2.45) is 5.73 Å². The molecule has 28 heavy (non-hydrogen) atoms. The van der Waals surface area contributed by atoms with Gasteiger partial charge in [0.1, 0.15) is 0 Å². The smallest absolute Gasteiger partial charge is 0.242 e. The molecule has 1 aromatic carbocycles. The molecule has 0 unspecified atom stereocenters. The molecular weight excluding hydrogens is 423 g/mol. The van der Waals surface area contributed by atoms with Crippen LogP contribution in [0.15, 0.2) is 30.3 Å². The lowest BCUT2D eigenvalue weighted by atomic mass is 9.90. The van der Waals surface area contributed by atoms with Crippen LogP contribution >= 0.6 is 37.2 Å². The predicted molar refractivity (Wildman–Crippen MR) is 121 cm³/mol. The van der Waals surface area contributed by atoms with Gasteiger partial charge in [-0.15, -0.1) is 37.2 Å². The molecular formula is C19H33Cl3N4O2. The molecule has 162 valence electrons. The minimum absolute atomic E-state index is 0. The summed E-state index contributed by atoms with van der Waals surface area (Å²) in [5.74, 6) is 0.0544. The summed E-state index contributed by atoms with van der Waals surface area (Å²) in [6, 6.07) is 10.5. The van der Waals surface area contributed by atoms with Gasteiger partial charge in [-0.05, 0) is 25.0 Å². The molecule has 2 N–H and O–H groups in total. The third-order valence-corrected chi connectivity index (χ3v) is 5.40. The van der Waals surface area contributed by atoms with Gasteiger partial charge in [-0.1, -0.05) is 18.2 Å². The van der Waals surface area contributed by atoms with E-state index in [2.05, 4.69) is 40.1 Å². The zero-order valence-corrected chi connectivity index (χ0v) is 18.9. The summed E-state index contributed by atoms with van der Waals surface area (Å²) in [4.78, 5) is 19.3. The van der Waals surface area contributed by atoms with Crippen molar-refractivity contribution in [2.75, 3.05) is 64.4 Å². The Balaban J connectivity index is 0.00000243. The van der Waals surface area contributed by atoms with E-state index >= 15 is 0 Å². The summed E-state index contributed by atoms with van der Waals surface area (Å²) >= 11 is 0. The fraction of sp³-hybridized carbons (Fsp3) is 0.632. The lowest BCUT2D eigenvalue weighted by molar-refractivity contribution is -0.139. The summed E-state index contributed by atoms with van der Waals surface area (Å²) < 4.78 is 5.33. The van der Waals surface area contributed by atoms with Gasteiger partial charge in [0.15, 0.2) is 0 Å². The van der Waals surface area contributed by atoms with Gasteiger partial charge in [0.25, 0.3) is 0 Å². The van der Waals surface area contributed by atoms with Crippen LogP contribution in [0.2, 0.25) is 0 Å². The van der Waals surface area contributed by atoms with E-state index < -0.39 is 5.54 Å². The first-order valence-electron chi connectivity index (χ1n) is 9.23. The monoisotopic (exact) mass is 454 g/mol. The Morgan fingerprint density at radius 2 is 1.64 bits per heavy atom. The summed E-state index contributed by atoms with van der Waals surface area (Å²) in [5.41, 5.74) is 6.86. The van der Waals surface area contributed by atoms with Crippen LogP contribution in [0.5, 0.6) is 0 Å². The van der Waals surface area contributed by atoms with Crippen LogP contribution in [0.25, 0.3) is 0 Å². The average molecular weight is 456 g/mol. The molecule has 2 heterocycles. The van der Waals surface area contributed by atoms with Gasteiger partial charge in [-0.2, -0.15) is 0 Å². The Kier molecular flexibility index (Phi) is 12.4. The van der Waals surface area contributed by atoms with Crippen LogP contribution in [0, 0.1) is 0 Å². The third-order valence-electron chi connectivity index (χ3n) is 5.40. The summed E-state index contributed by atoms with van der Waals surface area (Å²) in [6.45, 7) is 6.90. The maximum absolute atomic E-state index is 12.6. The third kappa shape index (κ3) is 6.94. The number of nitrogens with zero attached hydrogens (tertiary/aromatic N) is 3. The molecule has 0 atom stereocenters. The topological polar surface area (TPSA) is 62.0 Å². The van der Waals surface area contributed by atoms with Crippen LogP contribution in [0.4, 0.5) is 5.69 Å². The van der Waals surface area contributed by atoms with E-state index in [1.54, 1.807) is 4.90 Å². The highest BCUT2D eigenvalue weighted by Crippen LogP contribution is 2.20. The number of likely N-dealkylation sites (N-methyl/N-ethyl adjacent to an activating group) is 1. The number of hydrogen-bond acceptors (Lipinski definition) is 5. The highest BCUT2D eigenvalue weighted by Gasteiger charge is 2.37. The standard InChI is InChI=1S/C19H30N4O2.3ClH/c1-21(18(24)19(20)7-15-25-16-8-19)9-10-22-11-13-23(14-12-22)17-5-3-2-4-6-17;;;/h2-6H,7-16,20H2,1H3;3*1H. The van der Waals surface area contributed by atoms with Crippen molar-refractivity contribution < 1.29 is 9.53 Å². The Bertz CT molecular complexity index is 566. The summed E-state index contributed by atoms with van der Waals surface area (Å²) in [6.07, 6.45) is 1.23. The number of carbonyl (C=O) groups excluding carboxylic acids is 1. The normalized spacial score (nSPS) is 18.9. The van der Waals surface area contributed by atoms with Gasteiger partial charge in [0.2, 0.25) is 5.91 Å². The minimum atomic E-state index is -0.737. The van der Waals surface area contributed by atoms with Gasteiger partial charge < -0.3 is 20.3 Å². The molecule has 0 bridgehead atoms. The minimum Gasteiger partial charge on any atom is -0.381 e. The molecule has 3 rings (SSSR count). The van der Waals surface area contributed by atoms with Gasteiger partial charge in [0, 0.05) is 65.2 Å². The van der Waals surface area contributed by atoms with Crippen LogP contribution in [0.3, 0.4) is 0 Å². The van der Waals surface area contributed by atoms with Crippen LogP contribution in [0.1, 0.15) is 12.8 Å². The van der Waals surface area contributed by atoms with E-state index in [1.807, 2.05) is 7.05 Å². The van der Waals surface area contributed by atoms with Crippen molar-refractivity contribution >= 4 is 48.8 Å². The second kappa shape index (κ2) is 12.7. The molecule has 0 aliphatic carbocycles. The van der Waals surface area contributed by atoms with Crippen molar-refractivity contribution in [3.63, 3.8) is 0 Å². The fourth-order valence-electron chi connectivity index (χ4n) is 3.59. The number of para-hydroxylation sites is 1. The number of benzene rings is 1. The maximum Gasteiger partial charge on any atom is 0.242 e. The van der Waals surface area contributed by atoms with Gasteiger partial charge in [-0.3, -0.25) is 9.69 Å². The lowest BCUT2D eigenvalue weighted by Crippen LogP contribution is -2.58. The number of nitrogens with two attached hydrogens (primary N) is 1. The number of rotatable bonds is 5. The SMILES string of the molecule is CN(CCN1CCN(c2ccccc2)CC1)C(=O)C1(N)CCOCC1.Cl.Cl.Cl. The molecule has 0 spiro atoms. The first kappa shape index (κ1) is 27.2. The number of hydrogen-bond donors (Lipinski definition) is 1. The van der Waals surface area contributed by atoms with E-state index in [0.29, 0.717) is 26.1 Å². The molecule has 2 saturated heterocycles. The number of ether oxygens (including phenoxy) is 1. The average Bonchev–Trinajstić information content (AvgIpc) is 2.67. The van der Waals surface area contributed by atoms with E-state index in [4.69, 9.17) is 10.5 Å². The highest BCUT2D eigenvalue weighted by molar-refractivity contribution is 5.86. The number of amides is 1. The maximum atomic E-state index is 12.6. The first-order valence-corrected chi connectivity index (χ1v) is 9.23. The largest absolute Gasteiger partial charge is 0.381 e. The Labute approximate surface area is 187 Å². The van der Waals surface area contributed by atoms with Crippen LogP contribution < -0.4 is 10.6 Å². The number of anilines is 1. The van der Waals surface area contributed by atoms with E-state index in [-0.39, 0.29) is 43.1 Å². The van der Waals surface area contributed by atoms with E-state index in [0.717, 1.165) is 39.3 Å². The van der Waals surface area contributed by atoms with Gasteiger partial charge in [-0.25, -0.2) is 0 Å². The predicted octanol–water partition coefficient (Wildman–Crippen LogP) is 2.04. The quantitative estimate of drug-likeness (QED) is 0.736. The molecule has 0 saturated carbocycles. The number of carbonyl (C=O) groups is 1. The highest BCUT2D eigenvalue weighted by atomic mass is 35.5. The summed E-state index contributed by atoms with van der Waals surface area (Å²) in [5, 5.41) is 0. The van der Waals surface area contributed by atoms with E-state index in [9.17, 15) is 4.79 Å². The molecule has 2 fully saturated rings. The Morgan fingerprint density at radius 3 is 2.21 bits per heavy atom. The second-order valence-corrected chi connectivity index (χ2v) is 7.16. The molecule has 0 aromatic heterocycles. The van der Waals surface area contributed by atoms with Crippen molar-refractivity contribution in [1.29, 1.82) is 0 Å². The first-order chi connectivity index (χ1) is 12.1. The molecule has 9 heteroatoms. The van der Waals surface area contributed by atoms with Crippen LogP contribution in [-0.4, -0.2) is 80.8 Å². The van der Waals surface area contributed by atoms with Crippen molar-refractivity contribution in [2.45, 2.75) is 18.4 Å². The molecule has 2 aliphatic heterocycles. The molecule has 1 aromatic rings.